The lowest BCUT2D eigenvalue weighted by Gasteiger charge is -2.06. The molecule has 0 saturated carbocycles. The molecular formula is C19H16BrFOS. The van der Waals surface area contributed by atoms with Crippen molar-refractivity contribution >= 4 is 44.3 Å². The van der Waals surface area contributed by atoms with E-state index in [0.29, 0.717) is 5.33 Å². The summed E-state index contributed by atoms with van der Waals surface area (Å²) in [6.07, 6.45) is 3.77. The van der Waals surface area contributed by atoms with Gasteiger partial charge in [-0.1, -0.05) is 22.0 Å². The molecule has 0 aliphatic heterocycles. The van der Waals surface area contributed by atoms with Gasteiger partial charge >= 0.3 is 0 Å². The Morgan fingerprint density at radius 2 is 1.83 bits per heavy atom. The van der Waals surface area contributed by atoms with Gasteiger partial charge < -0.3 is 4.55 Å². The Balaban J connectivity index is 2.07. The normalized spacial score (nSPS) is 16.8. The molecule has 0 N–H and O–H groups in total. The summed E-state index contributed by atoms with van der Waals surface area (Å²) in [5.74, 6) is -0.217. The van der Waals surface area contributed by atoms with Crippen LogP contribution in [0.3, 0.4) is 0 Å². The van der Waals surface area contributed by atoms with Gasteiger partial charge in [0.15, 0.2) is 4.90 Å². The zero-order valence-electron chi connectivity index (χ0n) is 12.9. The van der Waals surface area contributed by atoms with Crippen molar-refractivity contribution in [2.75, 3.05) is 11.6 Å². The number of hydrogen-bond acceptors (Lipinski definition) is 1. The molecule has 3 rings (SSSR count). The molecule has 0 heterocycles. The van der Waals surface area contributed by atoms with Crippen LogP contribution >= 0.6 is 15.9 Å². The second-order valence-electron chi connectivity index (χ2n) is 5.51. The average Bonchev–Trinajstić information content (AvgIpc) is 2.79. The van der Waals surface area contributed by atoms with Crippen LogP contribution in [0.2, 0.25) is 0 Å². The summed E-state index contributed by atoms with van der Waals surface area (Å²) >= 11 is 2.54. The second-order valence-corrected chi connectivity index (χ2v) is 7.45. The van der Waals surface area contributed by atoms with Gasteiger partial charge in [-0.25, -0.2) is 4.39 Å². The third-order valence-corrected chi connectivity index (χ3v) is 5.61. The van der Waals surface area contributed by atoms with Crippen molar-refractivity contribution in [1.82, 2.24) is 0 Å². The molecule has 0 amide bonds. The molecule has 0 fully saturated rings. The number of allylic oxidation sites excluding steroid dienone is 3. The highest BCUT2D eigenvalue weighted by molar-refractivity contribution is 9.09. The fourth-order valence-electron chi connectivity index (χ4n) is 2.85. The molecule has 0 spiro atoms. The summed E-state index contributed by atoms with van der Waals surface area (Å²) in [7, 11) is 0. The second kappa shape index (κ2) is 6.63. The highest BCUT2D eigenvalue weighted by atomic mass is 79.9. The van der Waals surface area contributed by atoms with E-state index in [0.717, 1.165) is 38.3 Å². The number of hydrogen-bond donors (Lipinski definition) is 0. The predicted molar refractivity (Wildman–Crippen MR) is 99.4 cm³/mol. The lowest BCUT2D eigenvalue weighted by Crippen LogP contribution is -1.96. The molecule has 0 radical (unpaired) electrons. The summed E-state index contributed by atoms with van der Waals surface area (Å²) in [6.45, 7) is 2.07. The van der Waals surface area contributed by atoms with Crippen molar-refractivity contribution in [3.63, 3.8) is 0 Å². The Kier molecular flexibility index (Phi) is 4.76. The van der Waals surface area contributed by atoms with Crippen LogP contribution in [0, 0.1) is 5.82 Å². The maximum Gasteiger partial charge on any atom is 0.152 e. The third-order valence-electron chi connectivity index (χ3n) is 4.11. The van der Waals surface area contributed by atoms with Gasteiger partial charge in [-0.05, 0) is 94.0 Å². The van der Waals surface area contributed by atoms with Crippen LogP contribution in [0.4, 0.5) is 4.39 Å². The fourth-order valence-corrected chi connectivity index (χ4v) is 4.09. The molecule has 1 nitrogen and oxygen atoms in total. The van der Waals surface area contributed by atoms with Crippen molar-refractivity contribution in [2.24, 2.45) is 0 Å². The molecule has 1 aliphatic rings. The van der Waals surface area contributed by atoms with Crippen molar-refractivity contribution < 1.29 is 8.94 Å². The first-order valence-corrected chi connectivity index (χ1v) is 9.91. The molecule has 2 aromatic carbocycles. The van der Waals surface area contributed by atoms with Gasteiger partial charge in [0.2, 0.25) is 0 Å². The van der Waals surface area contributed by atoms with Gasteiger partial charge in [-0.15, -0.1) is 0 Å². The Morgan fingerprint density at radius 3 is 2.43 bits per heavy atom. The standard InChI is InChI=1S/C19H16BrFOS/c1-12-17(9-13-3-6-15(7-4-13)23(2)22)16-8-5-14(21)10-18(16)19(12)11-20/h3-10H,11H2,1-2H3/b17-9-. The molecule has 118 valence electrons. The monoisotopic (exact) mass is 390 g/mol. The Morgan fingerprint density at radius 1 is 1.13 bits per heavy atom. The fraction of sp³-hybridized carbons (Fsp3) is 0.158. The van der Waals surface area contributed by atoms with Crippen molar-refractivity contribution in [3.8, 4) is 0 Å². The highest BCUT2D eigenvalue weighted by Gasteiger charge is 2.23. The van der Waals surface area contributed by atoms with Crippen LogP contribution in [-0.2, 0) is 11.2 Å². The zero-order chi connectivity index (χ0) is 16.6. The molecule has 2 aromatic rings. The number of fused-ring (bicyclic) bond motifs is 1. The Bertz CT molecular complexity index is 807. The van der Waals surface area contributed by atoms with Gasteiger partial charge in [0.1, 0.15) is 12.1 Å². The molecule has 1 atom stereocenters. The van der Waals surface area contributed by atoms with E-state index < -0.39 is 11.2 Å². The molecule has 4 heteroatoms. The molecular weight excluding hydrogens is 375 g/mol. The quantitative estimate of drug-likeness (QED) is 0.515. The lowest BCUT2D eigenvalue weighted by molar-refractivity contribution is 0.601. The molecule has 23 heavy (non-hydrogen) atoms. The Hall–Kier alpha value is -1.36. The lowest BCUT2D eigenvalue weighted by atomic mass is 10.0. The van der Waals surface area contributed by atoms with Crippen LogP contribution in [0.1, 0.15) is 23.6 Å². The van der Waals surface area contributed by atoms with Gasteiger partial charge in [0.25, 0.3) is 0 Å². The first-order chi connectivity index (χ1) is 11.0. The van der Waals surface area contributed by atoms with Crippen LogP contribution in [-0.4, -0.2) is 16.1 Å². The maximum atomic E-state index is 13.6. The third kappa shape index (κ3) is 3.16. The van der Waals surface area contributed by atoms with Gasteiger partial charge in [-0.2, -0.15) is 0 Å². The van der Waals surface area contributed by atoms with Crippen LogP contribution in [0.15, 0.2) is 52.9 Å². The van der Waals surface area contributed by atoms with Crippen LogP contribution < -0.4 is 0 Å². The number of halogens is 2. The molecule has 0 saturated heterocycles. The van der Waals surface area contributed by atoms with E-state index in [9.17, 15) is 8.94 Å². The van der Waals surface area contributed by atoms with E-state index in [2.05, 4.69) is 28.9 Å². The first-order valence-electron chi connectivity index (χ1n) is 7.23. The highest BCUT2D eigenvalue weighted by Crippen LogP contribution is 2.43. The smallest absolute Gasteiger partial charge is 0.152 e. The molecule has 0 bridgehead atoms. The minimum Gasteiger partial charge on any atom is -0.612 e. The van der Waals surface area contributed by atoms with E-state index in [1.54, 1.807) is 12.3 Å². The summed E-state index contributed by atoms with van der Waals surface area (Å²) in [6, 6.07) is 12.6. The van der Waals surface area contributed by atoms with E-state index in [1.807, 2.05) is 30.3 Å². The minimum absolute atomic E-state index is 0.217. The Labute approximate surface area is 147 Å². The molecule has 1 aliphatic carbocycles. The summed E-state index contributed by atoms with van der Waals surface area (Å²) in [5, 5.41) is 0.695. The average molecular weight is 391 g/mol. The minimum atomic E-state index is -0.972. The largest absolute Gasteiger partial charge is 0.612 e. The van der Waals surface area contributed by atoms with Crippen LogP contribution in [0.25, 0.3) is 17.2 Å². The molecule has 0 aromatic heterocycles. The molecule has 1 unspecified atom stereocenters. The first kappa shape index (κ1) is 16.5. The van der Waals surface area contributed by atoms with Crippen molar-refractivity contribution in [1.29, 1.82) is 0 Å². The van der Waals surface area contributed by atoms with Gasteiger partial charge in [0, 0.05) is 5.33 Å². The predicted octanol–water partition coefficient (Wildman–Crippen LogP) is 5.29. The number of rotatable bonds is 3. The number of benzene rings is 2. The van der Waals surface area contributed by atoms with Crippen molar-refractivity contribution in [2.45, 2.75) is 11.8 Å². The zero-order valence-corrected chi connectivity index (χ0v) is 15.3. The SMILES string of the molecule is CC1=C(CBr)c2cc(F)ccc2/C1=C\c1ccc([S+](C)[O-])cc1. The summed E-state index contributed by atoms with van der Waals surface area (Å²) in [5.41, 5.74) is 6.44. The van der Waals surface area contributed by atoms with Gasteiger partial charge in [-0.3, -0.25) is 0 Å². The van der Waals surface area contributed by atoms with E-state index >= 15 is 0 Å². The van der Waals surface area contributed by atoms with E-state index in [1.165, 1.54) is 6.07 Å². The van der Waals surface area contributed by atoms with Gasteiger partial charge in [0.05, 0.1) is 0 Å². The van der Waals surface area contributed by atoms with Crippen molar-refractivity contribution in [3.05, 3.63) is 70.5 Å². The summed E-state index contributed by atoms with van der Waals surface area (Å²) in [4.78, 5) is 0.814. The van der Waals surface area contributed by atoms with E-state index in [-0.39, 0.29) is 5.82 Å². The number of alkyl halides is 1. The van der Waals surface area contributed by atoms with E-state index in [4.69, 9.17) is 0 Å². The summed E-state index contributed by atoms with van der Waals surface area (Å²) < 4.78 is 25.1. The maximum absolute atomic E-state index is 13.6. The topological polar surface area (TPSA) is 23.1 Å². The van der Waals surface area contributed by atoms with Crippen LogP contribution in [0.5, 0.6) is 0 Å².